The molecular weight excluding hydrogens is 408 g/mol. The first kappa shape index (κ1) is 22.5. The van der Waals surface area contributed by atoms with Crippen molar-refractivity contribution in [2.24, 2.45) is 0 Å². The highest BCUT2D eigenvalue weighted by Gasteiger charge is 2.40. The van der Waals surface area contributed by atoms with Gasteiger partial charge in [-0.25, -0.2) is 4.90 Å². The Kier molecular flexibility index (Phi) is 5.71. The van der Waals surface area contributed by atoms with Crippen LogP contribution in [0, 0.1) is 20.8 Å². The van der Waals surface area contributed by atoms with Gasteiger partial charge in [0.05, 0.1) is 11.3 Å². The van der Waals surface area contributed by atoms with E-state index in [1.165, 1.54) is 10.5 Å². The Morgan fingerprint density at radius 1 is 0.727 bits per heavy atom. The maximum Gasteiger partial charge on any atom is 0.282 e. The first-order valence-electron chi connectivity index (χ1n) is 11.2. The second kappa shape index (κ2) is 8.36. The molecule has 3 aromatic rings. The van der Waals surface area contributed by atoms with Crippen LogP contribution in [0.1, 0.15) is 48.6 Å². The van der Waals surface area contributed by atoms with E-state index in [-0.39, 0.29) is 17.2 Å². The summed E-state index contributed by atoms with van der Waals surface area (Å²) in [7, 11) is 0. The quantitative estimate of drug-likeness (QED) is 0.486. The number of nitrogens with one attached hydrogen (secondary N) is 1. The van der Waals surface area contributed by atoms with Gasteiger partial charge < -0.3 is 5.32 Å². The summed E-state index contributed by atoms with van der Waals surface area (Å²) in [5, 5.41) is 3.27. The Balaban J connectivity index is 1.82. The van der Waals surface area contributed by atoms with E-state index in [9.17, 15) is 9.59 Å². The minimum atomic E-state index is -0.345. The van der Waals surface area contributed by atoms with E-state index < -0.39 is 0 Å². The molecule has 0 spiro atoms. The van der Waals surface area contributed by atoms with E-state index >= 15 is 0 Å². The molecule has 1 heterocycles. The molecule has 1 N–H and O–H groups in total. The van der Waals surface area contributed by atoms with Gasteiger partial charge in [0.1, 0.15) is 5.70 Å². The average molecular weight is 439 g/mol. The minimum absolute atomic E-state index is 0.0309. The van der Waals surface area contributed by atoms with Crippen LogP contribution in [0.15, 0.2) is 72.4 Å². The number of hydrogen-bond donors (Lipinski definition) is 1. The number of carbonyl (C=O) groups excluding carboxylic acids is 2. The molecule has 0 aliphatic carbocycles. The number of nitrogens with zero attached hydrogens (tertiary/aromatic N) is 1. The molecule has 1 aliphatic rings. The van der Waals surface area contributed by atoms with Crippen molar-refractivity contribution in [3.8, 4) is 0 Å². The fourth-order valence-corrected chi connectivity index (χ4v) is 4.04. The maximum atomic E-state index is 13.7. The molecule has 0 unspecified atom stereocenters. The molecule has 4 rings (SSSR count). The van der Waals surface area contributed by atoms with Crippen LogP contribution in [-0.4, -0.2) is 11.8 Å². The van der Waals surface area contributed by atoms with Crippen LogP contribution in [0.25, 0.3) is 5.57 Å². The van der Waals surface area contributed by atoms with Crippen molar-refractivity contribution in [1.29, 1.82) is 0 Å². The minimum Gasteiger partial charge on any atom is -0.350 e. The number of para-hydroxylation sites is 1. The van der Waals surface area contributed by atoms with Crippen molar-refractivity contribution >= 4 is 28.8 Å². The molecule has 0 radical (unpaired) electrons. The van der Waals surface area contributed by atoms with Gasteiger partial charge in [0.2, 0.25) is 0 Å². The first-order valence-corrected chi connectivity index (χ1v) is 11.2. The van der Waals surface area contributed by atoms with Gasteiger partial charge in [0.15, 0.2) is 0 Å². The van der Waals surface area contributed by atoms with Gasteiger partial charge in [0.25, 0.3) is 11.8 Å². The van der Waals surface area contributed by atoms with E-state index in [1.54, 1.807) is 0 Å². The SMILES string of the molecule is Cc1ccc(C2=C(Nc3ccc(C(C)(C)C)cc3)C(=O)N(c3ccccc3C)C2=O)cc1C. The standard InChI is InChI=1S/C29H30N2O2/c1-18-11-12-21(17-20(18)3)25-26(30-23-15-13-22(14-16-23)29(4,5)6)28(33)31(27(25)32)24-10-8-7-9-19(24)2/h7-17,30H,1-6H3. The Hall–Kier alpha value is -3.66. The highest BCUT2D eigenvalue weighted by molar-refractivity contribution is 6.46. The molecule has 4 nitrogen and oxygen atoms in total. The summed E-state index contributed by atoms with van der Waals surface area (Å²) in [4.78, 5) is 28.6. The number of carbonyl (C=O) groups is 2. The third kappa shape index (κ3) is 4.21. The summed E-state index contributed by atoms with van der Waals surface area (Å²) in [6, 6.07) is 21.4. The number of hydrogen-bond acceptors (Lipinski definition) is 3. The summed E-state index contributed by atoms with van der Waals surface area (Å²) >= 11 is 0. The largest absolute Gasteiger partial charge is 0.350 e. The topological polar surface area (TPSA) is 49.4 Å². The Morgan fingerprint density at radius 2 is 1.39 bits per heavy atom. The molecule has 0 bridgehead atoms. The average Bonchev–Trinajstić information content (AvgIpc) is 3.00. The summed E-state index contributed by atoms with van der Waals surface area (Å²) in [5.74, 6) is -0.659. The van der Waals surface area contributed by atoms with Gasteiger partial charge in [-0.05, 0) is 72.2 Å². The van der Waals surface area contributed by atoms with Crippen molar-refractivity contribution in [1.82, 2.24) is 0 Å². The number of amides is 2. The van der Waals surface area contributed by atoms with Crippen LogP contribution in [0.5, 0.6) is 0 Å². The number of anilines is 2. The van der Waals surface area contributed by atoms with Crippen LogP contribution in [0.4, 0.5) is 11.4 Å². The second-order valence-corrected chi connectivity index (χ2v) is 9.73. The van der Waals surface area contributed by atoms with E-state index in [2.05, 4.69) is 38.2 Å². The third-order valence-electron chi connectivity index (χ3n) is 6.26. The summed E-state index contributed by atoms with van der Waals surface area (Å²) in [5.41, 5.74) is 7.12. The predicted molar refractivity (Wildman–Crippen MR) is 135 cm³/mol. The predicted octanol–water partition coefficient (Wildman–Crippen LogP) is 6.31. The van der Waals surface area contributed by atoms with Gasteiger partial charge in [-0.3, -0.25) is 9.59 Å². The van der Waals surface area contributed by atoms with Gasteiger partial charge >= 0.3 is 0 Å². The van der Waals surface area contributed by atoms with E-state index in [1.807, 2.05) is 75.4 Å². The Bertz CT molecular complexity index is 1280. The van der Waals surface area contributed by atoms with E-state index in [0.29, 0.717) is 17.0 Å². The molecule has 0 fully saturated rings. The molecule has 0 atom stereocenters. The molecule has 4 heteroatoms. The second-order valence-electron chi connectivity index (χ2n) is 9.73. The molecule has 168 valence electrons. The zero-order valence-corrected chi connectivity index (χ0v) is 20.1. The molecule has 33 heavy (non-hydrogen) atoms. The molecule has 0 aromatic heterocycles. The fourth-order valence-electron chi connectivity index (χ4n) is 4.04. The Labute approximate surface area is 195 Å². The summed E-state index contributed by atoms with van der Waals surface area (Å²) in [6.45, 7) is 12.4. The van der Waals surface area contributed by atoms with Crippen molar-refractivity contribution in [3.05, 3.63) is 100 Å². The zero-order valence-electron chi connectivity index (χ0n) is 20.1. The van der Waals surface area contributed by atoms with Gasteiger partial charge in [0, 0.05) is 5.69 Å². The van der Waals surface area contributed by atoms with Crippen molar-refractivity contribution in [3.63, 3.8) is 0 Å². The highest BCUT2D eigenvalue weighted by atomic mass is 16.2. The van der Waals surface area contributed by atoms with Gasteiger partial charge in [-0.2, -0.15) is 0 Å². The lowest BCUT2D eigenvalue weighted by Gasteiger charge is -2.19. The molecule has 2 amide bonds. The van der Waals surface area contributed by atoms with Crippen molar-refractivity contribution in [2.75, 3.05) is 10.2 Å². The van der Waals surface area contributed by atoms with Gasteiger partial charge in [-0.15, -0.1) is 0 Å². The van der Waals surface area contributed by atoms with Crippen molar-refractivity contribution < 1.29 is 9.59 Å². The fraction of sp³-hybridized carbons (Fsp3) is 0.241. The lowest BCUT2D eigenvalue weighted by atomic mass is 9.87. The number of aryl methyl sites for hydroxylation is 3. The van der Waals surface area contributed by atoms with Gasteiger partial charge in [-0.1, -0.05) is 69.3 Å². The van der Waals surface area contributed by atoms with Crippen LogP contribution in [0.2, 0.25) is 0 Å². The summed E-state index contributed by atoms with van der Waals surface area (Å²) in [6.07, 6.45) is 0. The van der Waals surface area contributed by atoms with Crippen LogP contribution in [-0.2, 0) is 15.0 Å². The van der Waals surface area contributed by atoms with Crippen LogP contribution in [0.3, 0.4) is 0 Å². The zero-order chi connectivity index (χ0) is 23.9. The van der Waals surface area contributed by atoms with E-state index in [0.717, 1.165) is 27.9 Å². The lowest BCUT2D eigenvalue weighted by Crippen LogP contribution is -2.33. The van der Waals surface area contributed by atoms with Crippen LogP contribution < -0.4 is 10.2 Å². The van der Waals surface area contributed by atoms with Crippen molar-refractivity contribution in [2.45, 2.75) is 47.0 Å². The third-order valence-corrected chi connectivity index (χ3v) is 6.26. The molecule has 1 aliphatic heterocycles. The monoisotopic (exact) mass is 438 g/mol. The lowest BCUT2D eigenvalue weighted by molar-refractivity contribution is -0.120. The number of benzene rings is 3. The van der Waals surface area contributed by atoms with Crippen LogP contribution >= 0.6 is 0 Å². The molecule has 0 saturated carbocycles. The smallest absolute Gasteiger partial charge is 0.282 e. The normalized spacial score (nSPS) is 14.3. The number of imide groups is 1. The first-order chi connectivity index (χ1) is 15.6. The Morgan fingerprint density at radius 3 is 2.00 bits per heavy atom. The van der Waals surface area contributed by atoms with E-state index in [4.69, 9.17) is 0 Å². The highest BCUT2D eigenvalue weighted by Crippen LogP contribution is 2.36. The molecule has 0 saturated heterocycles. The number of rotatable bonds is 4. The summed E-state index contributed by atoms with van der Waals surface area (Å²) < 4.78 is 0. The molecule has 3 aromatic carbocycles. The maximum absolute atomic E-state index is 13.7. The molecular formula is C29H30N2O2.